The number of hydrogen-bond acceptors (Lipinski definition) is 4. The number of aromatic nitrogens is 4. The number of fused-ring (bicyclic) bond motifs is 1. The number of H-pyrrole nitrogens is 1. The standard InChI is InChI=1S/C21H18F3N5OS/c1-2-29-19(14-11-25-16-9-5-3-7-13(14)16)27-28-20(29)31-12-18(30)26-17-10-6-4-8-15(17)21(22,23)24/h3-11,25H,2,12H2,1H3,(H,26,30). The second kappa shape index (κ2) is 8.46. The van der Waals surface area contributed by atoms with Gasteiger partial charge in [-0.1, -0.05) is 42.1 Å². The smallest absolute Gasteiger partial charge is 0.360 e. The number of aromatic amines is 1. The third-order valence-electron chi connectivity index (χ3n) is 4.70. The number of nitrogens with one attached hydrogen (secondary N) is 2. The molecule has 6 nitrogen and oxygen atoms in total. The second-order valence-electron chi connectivity index (χ2n) is 6.68. The average Bonchev–Trinajstić information content (AvgIpc) is 3.35. The molecule has 160 valence electrons. The van der Waals surface area contributed by atoms with Crippen LogP contribution in [0.1, 0.15) is 12.5 Å². The highest BCUT2D eigenvalue weighted by Gasteiger charge is 2.33. The fourth-order valence-corrected chi connectivity index (χ4v) is 4.09. The summed E-state index contributed by atoms with van der Waals surface area (Å²) in [6.45, 7) is 2.51. The monoisotopic (exact) mass is 445 g/mol. The first-order chi connectivity index (χ1) is 14.9. The molecule has 4 rings (SSSR count). The fraction of sp³-hybridized carbons (Fsp3) is 0.190. The van der Waals surface area contributed by atoms with Gasteiger partial charge in [0.15, 0.2) is 11.0 Å². The number of amides is 1. The van der Waals surface area contributed by atoms with E-state index in [1.165, 1.54) is 18.2 Å². The van der Waals surface area contributed by atoms with E-state index >= 15 is 0 Å². The summed E-state index contributed by atoms with van der Waals surface area (Å²) in [5.74, 6) is 0.00403. The summed E-state index contributed by atoms with van der Waals surface area (Å²) in [5, 5.41) is 12.3. The molecule has 4 aromatic rings. The van der Waals surface area contributed by atoms with Crippen LogP contribution in [0, 0.1) is 0 Å². The van der Waals surface area contributed by atoms with Gasteiger partial charge in [0.05, 0.1) is 17.0 Å². The van der Waals surface area contributed by atoms with Crippen LogP contribution in [0.25, 0.3) is 22.3 Å². The van der Waals surface area contributed by atoms with E-state index in [0.717, 1.165) is 34.3 Å². The summed E-state index contributed by atoms with van der Waals surface area (Å²) in [4.78, 5) is 15.5. The van der Waals surface area contributed by atoms with Gasteiger partial charge in [-0.05, 0) is 25.1 Å². The lowest BCUT2D eigenvalue weighted by Gasteiger charge is -2.13. The number of anilines is 1. The van der Waals surface area contributed by atoms with Crippen LogP contribution in [-0.4, -0.2) is 31.4 Å². The Hall–Kier alpha value is -3.27. The normalized spacial score (nSPS) is 11.7. The zero-order valence-electron chi connectivity index (χ0n) is 16.4. The number of carbonyl (C=O) groups is 1. The minimum Gasteiger partial charge on any atom is -0.360 e. The van der Waals surface area contributed by atoms with Crippen molar-refractivity contribution in [3.63, 3.8) is 0 Å². The highest BCUT2D eigenvalue weighted by Crippen LogP contribution is 2.35. The number of benzene rings is 2. The molecule has 1 amide bonds. The molecule has 2 aromatic heterocycles. The average molecular weight is 445 g/mol. The van der Waals surface area contributed by atoms with E-state index in [1.54, 1.807) is 0 Å². The third-order valence-corrected chi connectivity index (χ3v) is 5.67. The largest absolute Gasteiger partial charge is 0.418 e. The summed E-state index contributed by atoms with van der Waals surface area (Å²) in [6.07, 6.45) is -2.69. The summed E-state index contributed by atoms with van der Waals surface area (Å²) in [5.41, 5.74) is 0.712. The van der Waals surface area contributed by atoms with Crippen LogP contribution in [-0.2, 0) is 17.5 Å². The molecule has 0 aliphatic rings. The highest BCUT2D eigenvalue weighted by atomic mass is 32.2. The van der Waals surface area contributed by atoms with Gasteiger partial charge in [-0.3, -0.25) is 4.79 Å². The van der Waals surface area contributed by atoms with Crippen LogP contribution in [0.4, 0.5) is 18.9 Å². The number of carbonyl (C=O) groups excluding carboxylic acids is 1. The number of thioether (sulfide) groups is 1. The zero-order chi connectivity index (χ0) is 22.0. The molecule has 0 atom stereocenters. The van der Waals surface area contributed by atoms with Gasteiger partial charge in [-0.15, -0.1) is 10.2 Å². The summed E-state index contributed by atoms with van der Waals surface area (Å²) in [6, 6.07) is 12.7. The van der Waals surface area contributed by atoms with Gasteiger partial charge in [0.25, 0.3) is 0 Å². The van der Waals surface area contributed by atoms with Gasteiger partial charge in [0, 0.05) is 29.2 Å². The van der Waals surface area contributed by atoms with Crippen LogP contribution in [0.2, 0.25) is 0 Å². The van der Waals surface area contributed by atoms with Crippen molar-refractivity contribution in [3.8, 4) is 11.4 Å². The van der Waals surface area contributed by atoms with E-state index in [0.29, 0.717) is 17.5 Å². The van der Waals surface area contributed by atoms with Crippen molar-refractivity contribution >= 4 is 34.3 Å². The minimum absolute atomic E-state index is 0.0990. The van der Waals surface area contributed by atoms with Crippen LogP contribution in [0.15, 0.2) is 59.9 Å². The minimum atomic E-state index is -4.55. The predicted octanol–water partition coefficient (Wildman–Crippen LogP) is 5.20. The van der Waals surface area contributed by atoms with Crippen LogP contribution in [0.5, 0.6) is 0 Å². The molecule has 0 saturated heterocycles. The van der Waals surface area contributed by atoms with Crippen molar-refractivity contribution < 1.29 is 18.0 Å². The molecule has 2 heterocycles. The van der Waals surface area contributed by atoms with E-state index in [9.17, 15) is 18.0 Å². The predicted molar refractivity (Wildman–Crippen MR) is 114 cm³/mol. The number of hydrogen-bond donors (Lipinski definition) is 2. The molecule has 0 fully saturated rings. The first-order valence-corrected chi connectivity index (χ1v) is 10.5. The molecular formula is C21H18F3N5OS. The Morgan fingerprint density at radius 2 is 1.87 bits per heavy atom. The molecule has 2 N–H and O–H groups in total. The number of alkyl halides is 3. The Labute approximate surface area is 179 Å². The maximum Gasteiger partial charge on any atom is 0.418 e. The van der Waals surface area contributed by atoms with E-state index < -0.39 is 17.6 Å². The molecule has 0 radical (unpaired) electrons. The van der Waals surface area contributed by atoms with Gasteiger partial charge in [0.2, 0.25) is 5.91 Å². The number of rotatable bonds is 6. The number of para-hydroxylation sites is 2. The first-order valence-electron chi connectivity index (χ1n) is 9.47. The Balaban J connectivity index is 1.51. The Morgan fingerprint density at radius 3 is 2.65 bits per heavy atom. The molecule has 0 aliphatic carbocycles. The van der Waals surface area contributed by atoms with E-state index in [4.69, 9.17) is 0 Å². The van der Waals surface area contributed by atoms with E-state index in [1.807, 2.05) is 42.0 Å². The van der Waals surface area contributed by atoms with Crippen molar-refractivity contribution in [2.45, 2.75) is 24.8 Å². The van der Waals surface area contributed by atoms with Crippen LogP contribution >= 0.6 is 11.8 Å². The van der Waals surface area contributed by atoms with Gasteiger partial charge < -0.3 is 14.9 Å². The molecular weight excluding hydrogens is 427 g/mol. The third kappa shape index (κ3) is 4.29. The Bertz CT molecular complexity index is 1230. The Morgan fingerprint density at radius 1 is 1.13 bits per heavy atom. The summed E-state index contributed by atoms with van der Waals surface area (Å²) < 4.78 is 41.2. The highest BCUT2D eigenvalue weighted by molar-refractivity contribution is 7.99. The molecule has 0 saturated carbocycles. The Kier molecular flexibility index (Phi) is 5.73. The first kappa shape index (κ1) is 21.0. The van der Waals surface area contributed by atoms with Crippen LogP contribution in [0.3, 0.4) is 0 Å². The number of nitrogens with zero attached hydrogens (tertiary/aromatic N) is 3. The van der Waals surface area contributed by atoms with Crippen molar-refractivity contribution in [2.75, 3.05) is 11.1 Å². The van der Waals surface area contributed by atoms with Crippen molar-refractivity contribution in [3.05, 3.63) is 60.3 Å². The molecule has 2 aromatic carbocycles. The topological polar surface area (TPSA) is 75.6 Å². The van der Waals surface area contributed by atoms with Crippen LogP contribution < -0.4 is 5.32 Å². The quantitative estimate of drug-likeness (QED) is 0.400. The lowest BCUT2D eigenvalue weighted by molar-refractivity contribution is -0.137. The van der Waals surface area contributed by atoms with E-state index in [-0.39, 0.29) is 11.4 Å². The van der Waals surface area contributed by atoms with Crippen molar-refractivity contribution in [2.24, 2.45) is 0 Å². The van der Waals surface area contributed by atoms with Gasteiger partial charge >= 0.3 is 6.18 Å². The maximum absolute atomic E-state index is 13.1. The SMILES string of the molecule is CCn1c(SCC(=O)Nc2ccccc2C(F)(F)F)nnc1-c1c[nH]c2ccccc12. The molecule has 0 bridgehead atoms. The molecule has 31 heavy (non-hydrogen) atoms. The maximum atomic E-state index is 13.1. The summed E-state index contributed by atoms with van der Waals surface area (Å²) in [7, 11) is 0. The summed E-state index contributed by atoms with van der Waals surface area (Å²) >= 11 is 1.12. The number of halogens is 3. The van der Waals surface area contributed by atoms with Crippen molar-refractivity contribution in [1.82, 2.24) is 19.7 Å². The molecule has 10 heteroatoms. The van der Waals surface area contributed by atoms with E-state index in [2.05, 4.69) is 20.5 Å². The van der Waals surface area contributed by atoms with Gasteiger partial charge in [-0.2, -0.15) is 13.2 Å². The van der Waals surface area contributed by atoms with Gasteiger partial charge in [0.1, 0.15) is 0 Å². The van der Waals surface area contributed by atoms with Crippen molar-refractivity contribution in [1.29, 1.82) is 0 Å². The molecule has 0 unspecified atom stereocenters. The second-order valence-corrected chi connectivity index (χ2v) is 7.62. The zero-order valence-corrected chi connectivity index (χ0v) is 17.2. The lowest BCUT2D eigenvalue weighted by Crippen LogP contribution is -2.18. The lowest BCUT2D eigenvalue weighted by atomic mass is 10.1. The fourth-order valence-electron chi connectivity index (χ4n) is 3.29. The molecule has 0 spiro atoms. The molecule has 0 aliphatic heterocycles. The van der Waals surface area contributed by atoms with Gasteiger partial charge in [-0.25, -0.2) is 0 Å².